The van der Waals surface area contributed by atoms with Crippen molar-refractivity contribution < 1.29 is 28.5 Å². The van der Waals surface area contributed by atoms with E-state index >= 15 is 0 Å². The molecule has 0 aliphatic heterocycles. The van der Waals surface area contributed by atoms with Crippen LogP contribution in [0.25, 0.3) is 22.9 Å². The highest BCUT2D eigenvalue weighted by Gasteiger charge is 1.94. The van der Waals surface area contributed by atoms with Gasteiger partial charge in [0.05, 0.1) is 0 Å². The molecule has 1 aromatic heterocycles. The lowest BCUT2D eigenvalue weighted by atomic mass is 10.1. The molecule has 100 valence electrons. The van der Waals surface area contributed by atoms with E-state index in [2.05, 4.69) is 79.1 Å². The summed E-state index contributed by atoms with van der Waals surface area (Å²) >= 11 is 0. The molecule has 0 amide bonds. The van der Waals surface area contributed by atoms with E-state index in [-0.39, 0.29) is 24.0 Å². The van der Waals surface area contributed by atoms with E-state index in [0.717, 1.165) is 0 Å². The average molecular weight is 373 g/mol. The van der Waals surface area contributed by atoms with Gasteiger partial charge >= 0.3 is 0 Å². The molecule has 2 heteroatoms. The summed E-state index contributed by atoms with van der Waals surface area (Å²) in [7, 11) is 2.02. The van der Waals surface area contributed by atoms with Crippen LogP contribution in [0.15, 0.2) is 67.0 Å². The van der Waals surface area contributed by atoms with Gasteiger partial charge in [-0.3, -0.25) is 0 Å². The van der Waals surface area contributed by atoms with E-state index in [9.17, 15) is 0 Å². The molecular formula is C18H16IN. The zero-order valence-electron chi connectivity index (χ0n) is 11.3. The molecule has 1 nitrogen and oxygen atoms in total. The van der Waals surface area contributed by atoms with E-state index in [1.807, 2.05) is 11.6 Å². The first-order chi connectivity index (χ1) is 9.31. The molecule has 0 spiro atoms. The minimum atomic E-state index is 0. The van der Waals surface area contributed by atoms with Gasteiger partial charge in [0.15, 0.2) is 12.4 Å². The fraction of sp³-hybridized carbons (Fsp3) is 0.0556. The first-order valence-corrected chi connectivity index (χ1v) is 6.43. The molecule has 0 aliphatic rings. The minimum absolute atomic E-state index is 0. The molecule has 0 saturated heterocycles. The van der Waals surface area contributed by atoms with Crippen LogP contribution >= 0.6 is 0 Å². The third-order valence-electron chi connectivity index (χ3n) is 3.25. The Morgan fingerprint density at radius 1 is 0.750 bits per heavy atom. The van der Waals surface area contributed by atoms with Crippen LogP contribution in [0.5, 0.6) is 0 Å². The summed E-state index contributed by atoms with van der Waals surface area (Å²) < 4.78 is 2.04. The Kier molecular flexibility index (Phi) is 4.90. The van der Waals surface area contributed by atoms with Crippen LogP contribution in [0.3, 0.4) is 0 Å². The molecule has 20 heavy (non-hydrogen) atoms. The van der Waals surface area contributed by atoms with Crippen molar-refractivity contribution in [3.05, 3.63) is 78.1 Å². The second-order valence-corrected chi connectivity index (χ2v) is 4.74. The largest absolute Gasteiger partial charge is 1.00 e. The number of aromatic nitrogens is 1. The fourth-order valence-electron chi connectivity index (χ4n) is 2.13. The highest BCUT2D eigenvalue weighted by Crippen LogP contribution is 2.17. The molecule has 0 fully saturated rings. The van der Waals surface area contributed by atoms with Gasteiger partial charge in [0.2, 0.25) is 0 Å². The average Bonchev–Trinajstić information content (AvgIpc) is 2.46. The van der Waals surface area contributed by atoms with E-state index in [4.69, 9.17) is 0 Å². The Bertz CT molecular complexity index is 730. The lowest BCUT2D eigenvalue weighted by Gasteiger charge is -1.99. The number of hydrogen-bond acceptors (Lipinski definition) is 0. The molecule has 0 radical (unpaired) electrons. The smallest absolute Gasteiger partial charge is 0.169 e. The number of aryl methyl sites for hydroxylation is 1. The highest BCUT2D eigenvalue weighted by atomic mass is 127. The van der Waals surface area contributed by atoms with Crippen molar-refractivity contribution in [2.24, 2.45) is 7.05 Å². The van der Waals surface area contributed by atoms with Crippen molar-refractivity contribution in [2.75, 3.05) is 0 Å². The van der Waals surface area contributed by atoms with E-state index in [1.165, 1.54) is 21.9 Å². The number of benzene rings is 2. The number of halogens is 1. The molecule has 0 atom stereocenters. The van der Waals surface area contributed by atoms with Gasteiger partial charge in [0, 0.05) is 12.1 Å². The summed E-state index contributed by atoms with van der Waals surface area (Å²) in [5.74, 6) is 0. The molecular weight excluding hydrogens is 357 g/mol. The number of pyridine rings is 1. The summed E-state index contributed by atoms with van der Waals surface area (Å²) in [6.45, 7) is 0. The monoisotopic (exact) mass is 373 g/mol. The molecule has 0 unspecified atom stereocenters. The number of rotatable bonds is 2. The number of nitrogens with zero attached hydrogens (tertiary/aromatic N) is 1. The van der Waals surface area contributed by atoms with Crippen molar-refractivity contribution in [1.29, 1.82) is 0 Å². The number of hydrogen-bond donors (Lipinski definition) is 0. The maximum Gasteiger partial charge on any atom is 0.169 e. The van der Waals surface area contributed by atoms with Gasteiger partial charge in [-0.2, -0.15) is 0 Å². The molecule has 0 aliphatic carbocycles. The lowest BCUT2D eigenvalue weighted by molar-refractivity contribution is -0.671. The van der Waals surface area contributed by atoms with Crippen LogP contribution in [-0.2, 0) is 7.05 Å². The SMILES string of the molecule is C[n+]1ccc(/C=C/c2ccc3ccccc3c2)cc1.[I-]. The van der Waals surface area contributed by atoms with Gasteiger partial charge in [-0.15, -0.1) is 0 Å². The van der Waals surface area contributed by atoms with Crippen LogP contribution in [0.4, 0.5) is 0 Å². The second kappa shape index (κ2) is 6.66. The van der Waals surface area contributed by atoms with Gasteiger partial charge < -0.3 is 24.0 Å². The van der Waals surface area contributed by atoms with Gasteiger partial charge in [-0.25, -0.2) is 4.57 Å². The van der Waals surface area contributed by atoms with E-state index in [1.54, 1.807) is 0 Å². The van der Waals surface area contributed by atoms with Crippen LogP contribution in [0.1, 0.15) is 11.1 Å². The predicted molar refractivity (Wildman–Crippen MR) is 80.5 cm³/mol. The standard InChI is InChI=1S/C18H16N.HI/c1-19-12-10-15(11-13-19)6-7-16-8-9-17-4-2-3-5-18(17)14-16;/h2-14H,1H3;1H/q+1;/p-1/b7-6+;. The first kappa shape index (κ1) is 14.7. The third-order valence-corrected chi connectivity index (χ3v) is 3.25. The Morgan fingerprint density at radius 2 is 1.40 bits per heavy atom. The van der Waals surface area contributed by atoms with E-state index < -0.39 is 0 Å². The molecule has 0 bridgehead atoms. The van der Waals surface area contributed by atoms with Crippen molar-refractivity contribution in [1.82, 2.24) is 0 Å². The Hall–Kier alpha value is -1.68. The molecule has 1 heterocycles. The normalized spacial score (nSPS) is 10.7. The van der Waals surface area contributed by atoms with E-state index in [0.29, 0.717) is 0 Å². The quantitative estimate of drug-likeness (QED) is 0.463. The molecule has 3 rings (SSSR count). The second-order valence-electron chi connectivity index (χ2n) is 4.74. The van der Waals surface area contributed by atoms with Gasteiger partial charge in [-0.1, -0.05) is 48.6 Å². The van der Waals surface area contributed by atoms with Crippen molar-refractivity contribution >= 4 is 22.9 Å². The Balaban J connectivity index is 0.00000147. The summed E-state index contributed by atoms with van der Waals surface area (Å²) in [5, 5.41) is 2.57. The molecule has 0 saturated carbocycles. The zero-order valence-corrected chi connectivity index (χ0v) is 13.5. The molecule has 2 aromatic carbocycles. The zero-order chi connectivity index (χ0) is 13.1. The Labute approximate surface area is 136 Å². The predicted octanol–water partition coefficient (Wildman–Crippen LogP) is 0.839. The minimum Gasteiger partial charge on any atom is -1.00 e. The summed E-state index contributed by atoms with van der Waals surface area (Å²) in [5.41, 5.74) is 2.44. The third kappa shape index (κ3) is 3.45. The van der Waals surface area contributed by atoms with Crippen LogP contribution in [0, 0.1) is 0 Å². The van der Waals surface area contributed by atoms with Gasteiger partial charge in [0.25, 0.3) is 0 Å². The van der Waals surface area contributed by atoms with Gasteiger partial charge in [0.1, 0.15) is 7.05 Å². The van der Waals surface area contributed by atoms with Crippen LogP contribution in [-0.4, -0.2) is 0 Å². The Morgan fingerprint density at radius 3 is 2.15 bits per heavy atom. The van der Waals surface area contributed by atoms with Crippen LogP contribution < -0.4 is 28.5 Å². The van der Waals surface area contributed by atoms with Crippen molar-refractivity contribution in [3.8, 4) is 0 Å². The van der Waals surface area contributed by atoms with Crippen molar-refractivity contribution in [3.63, 3.8) is 0 Å². The summed E-state index contributed by atoms with van der Waals surface area (Å²) in [4.78, 5) is 0. The maximum atomic E-state index is 2.22. The van der Waals surface area contributed by atoms with Crippen molar-refractivity contribution in [2.45, 2.75) is 0 Å². The summed E-state index contributed by atoms with van der Waals surface area (Å²) in [6, 6.07) is 19.2. The summed E-state index contributed by atoms with van der Waals surface area (Å²) in [6.07, 6.45) is 8.41. The fourth-order valence-corrected chi connectivity index (χ4v) is 2.13. The highest BCUT2D eigenvalue weighted by molar-refractivity contribution is 5.85. The first-order valence-electron chi connectivity index (χ1n) is 6.43. The van der Waals surface area contributed by atoms with Crippen LogP contribution in [0.2, 0.25) is 0 Å². The van der Waals surface area contributed by atoms with Gasteiger partial charge in [-0.05, 0) is 28.0 Å². The molecule has 3 aromatic rings. The lowest BCUT2D eigenvalue weighted by Crippen LogP contribution is -3.00. The molecule has 0 N–H and O–H groups in total. The topological polar surface area (TPSA) is 3.88 Å². The number of fused-ring (bicyclic) bond motifs is 1. The maximum absolute atomic E-state index is 2.22.